The Bertz CT molecular complexity index is 727. The highest BCUT2D eigenvalue weighted by Gasteiger charge is 2.17. The van der Waals surface area contributed by atoms with Crippen molar-refractivity contribution >= 4 is 22.9 Å². The monoisotopic (exact) mass is 314 g/mol. The average molecular weight is 314 g/mol. The number of aromatic nitrogens is 4. The van der Waals surface area contributed by atoms with Crippen LogP contribution in [0.25, 0.3) is 11.1 Å². The molecule has 0 radical (unpaired) electrons. The fourth-order valence-electron chi connectivity index (χ4n) is 3.03. The highest BCUT2D eigenvalue weighted by atomic mass is 32.2. The van der Waals surface area contributed by atoms with Gasteiger partial charge in [0.15, 0.2) is 5.58 Å². The zero-order valence-corrected chi connectivity index (χ0v) is 13.1. The van der Waals surface area contributed by atoms with E-state index < -0.39 is 0 Å². The molecule has 1 aliphatic carbocycles. The molecule has 3 aromatic rings. The second-order valence-corrected chi connectivity index (χ2v) is 6.73. The van der Waals surface area contributed by atoms with Gasteiger partial charge < -0.3 is 4.42 Å². The minimum atomic E-state index is 0.648. The van der Waals surface area contributed by atoms with E-state index in [0.717, 1.165) is 34.4 Å². The molecule has 6 heteroatoms. The lowest BCUT2D eigenvalue weighted by molar-refractivity contribution is 0.531. The Hall–Kier alpha value is -1.82. The van der Waals surface area contributed by atoms with E-state index in [0.29, 0.717) is 11.6 Å². The second-order valence-electron chi connectivity index (χ2n) is 5.78. The summed E-state index contributed by atoms with van der Waals surface area (Å²) in [5.74, 6) is 3.15. The van der Waals surface area contributed by atoms with Crippen molar-refractivity contribution in [1.29, 1.82) is 0 Å². The standard InChI is InChI=1S/C16H18N4OS/c1-2-6-11(5-1)9-14-18-16(20-19-14)22-10-15-17-12-7-3-4-8-13(12)21-15/h3-4,7-8,11H,1-2,5-6,9-10H2,(H,18,19,20). The summed E-state index contributed by atoms with van der Waals surface area (Å²) < 4.78 is 5.71. The molecule has 1 saturated carbocycles. The first-order valence-electron chi connectivity index (χ1n) is 7.75. The molecule has 1 N–H and O–H groups in total. The maximum Gasteiger partial charge on any atom is 0.208 e. The molecule has 2 aromatic heterocycles. The van der Waals surface area contributed by atoms with E-state index in [1.165, 1.54) is 25.7 Å². The van der Waals surface area contributed by atoms with Crippen molar-refractivity contribution in [2.24, 2.45) is 5.92 Å². The van der Waals surface area contributed by atoms with Gasteiger partial charge in [0.05, 0.1) is 5.75 Å². The Balaban J connectivity index is 1.37. The fourth-order valence-corrected chi connectivity index (χ4v) is 3.69. The van der Waals surface area contributed by atoms with Crippen molar-refractivity contribution in [3.05, 3.63) is 36.0 Å². The molecule has 114 valence electrons. The van der Waals surface area contributed by atoms with Crippen molar-refractivity contribution in [2.75, 3.05) is 0 Å². The smallest absolute Gasteiger partial charge is 0.208 e. The molecule has 1 aromatic carbocycles. The fraction of sp³-hybridized carbons (Fsp3) is 0.438. The number of fused-ring (bicyclic) bond motifs is 1. The summed E-state index contributed by atoms with van der Waals surface area (Å²) in [6, 6.07) is 7.81. The van der Waals surface area contributed by atoms with Crippen LogP contribution in [0.1, 0.15) is 37.4 Å². The lowest BCUT2D eigenvalue weighted by Gasteiger charge is -2.03. The van der Waals surface area contributed by atoms with Gasteiger partial charge in [0.25, 0.3) is 0 Å². The van der Waals surface area contributed by atoms with E-state index >= 15 is 0 Å². The van der Waals surface area contributed by atoms with E-state index in [4.69, 9.17) is 4.42 Å². The van der Waals surface area contributed by atoms with Gasteiger partial charge in [-0.1, -0.05) is 49.6 Å². The summed E-state index contributed by atoms with van der Waals surface area (Å²) in [7, 11) is 0. The normalized spacial score (nSPS) is 15.8. The van der Waals surface area contributed by atoms with Crippen LogP contribution in [0, 0.1) is 5.92 Å². The molecule has 0 saturated heterocycles. The van der Waals surface area contributed by atoms with Gasteiger partial charge in [-0.15, -0.1) is 5.10 Å². The number of nitrogens with one attached hydrogen (secondary N) is 1. The summed E-state index contributed by atoms with van der Waals surface area (Å²) in [6.07, 6.45) is 6.39. The van der Waals surface area contributed by atoms with Gasteiger partial charge >= 0.3 is 0 Å². The predicted molar refractivity (Wildman–Crippen MR) is 85.6 cm³/mol. The van der Waals surface area contributed by atoms with E-state index in [1.54, 1.807) is 11.8 Å². The first-order chi connectivity index (χ1) is 10.9. The minimum Gasteiger partial charge on any atom is -0.440 e. The van der Waals surface area contributed by atoms with Gasteiger partial charge in [-0.3, -0.25) is 5.10 Å². The number of hydrogen-bond donors (Lipinski definition) is 1. The molecule has 22 heavy (non-hydrogen) atoms. The van der Waals surface area contributed by atoms with Crippen molar-refractivity contribution in [2.45, 2.75) is 43.0 Å². The number of nitrogens with zero attached hydrogens (tertiary/aromatic N) is 3. The molecule has 0 spiro atoms. The van der Waals surface area contributed by atoms with E-state index in [9.17, 15) is 0 Å². The summed E-state index contributed by atoms with van der Waals surface area (Å²) in [5.41, 5.74) is 1.73. The molecular formula is C16H18N4OS. The molecule has 0 atom stereocenters. The zero-order valence-electron chi connectivity index (χ0n) is 12.3. The first-order valence-corrected chi connectivity index (χ1v) is 8.74. The molecule has 0 bridgehead atoms. The summed E-state index contributed by atoms with van der Waals surface area (Å²) in [5, 5.41) is 8.12. The quantitative estimate of drug-likeness (QED) is 0.722. The van der Waals surface area contributed by atoms with Crippen LogP contribution in [-0.2, 0) is 12.2 Å². The lowest BCUT2D eigenvalue weighted by Crippen LogP contribution is -2.00. The van der Waals surface area contributed by atoms with Crippen LogP contribution in [0.15, 0.2) is 33.8 Å². The van der Waals surface area contributed by atoms with Gasteiger partial charge in [0.2, 0.25) is 11.0 Å². The van der Waals surface area contributed by atoms with E-state index in [-0.39, 0.29) is 0 Å². The second kappa shape index (κ2) is 6.12. The van der Waals surface area contributed by atoms with Gasteiger partial charge in [0, 0.05) is 6.42 Å². The maximum atomic E-state index is 5.71. The van der Waals surface area contributed by atoms with Crippen LogP contribution in [0.5, 0.6) is 0 Å². The van der Waals surface area contributed by atoms with E-state index in [2.05, 4.69) is 20.2 Å². The third kappa shape index (κ3) is 3.02. The number of H-pyrrole nitrogens is 1. The number of para-hydroxylation sites is 2. The molecule has 0 amide bonds. The predicted octanol–water partition coefficient (Wildman–Crippen LogP) is 3.97. The van der Waals surface area contributed by atoms with Crippen LogP contribution in [0.3, 0.4) is 0 Å². The van der Waals surface area contributed by atoms with Crippen LogP contribution in [-0.4, -0.2) is 20.2 Å². The van der Waals surface area contributed by atoms with Gasteiger partial charge in [-0.05, 0) is 18.1 Å². The van der Waals surface area contributed by atoms with Gasteiger partial charge in [-0.25, -0.2) is 9.97 Å². The first kappa shape index (κ1) is 13.8. The molecule has 0 unspecified atom stereocenters. The summed E-state index contributed by atoms with van der Waals surface area (Å²) >= 11 is 1.56. The zero-order chi connectivity index (χ0) is 14.8. The number of benzene rings is 1. The van der Waals surface area contributed by atoms with Crippen LogP contribution < -0.4 is 0 Å². The molecule has 5 nitrogen and oxygen atoms in total. The largest absolute Gasteiger partial charge is 0.440 e. The highest BCUT2D eigenvalue weighted by molar-refractivity contribution is 7.98. The van der Waals surface area contributed by atoms with Crippen molar-refractivity contribution < 1.29 is 4.42 Å². The van der Waals surface area contributed by atoms with Crippen LogP contribution >= 0.6 is 11.8 Å². The minimum absolute atomic E-state index is 0.648. The van der Waals surface area contributed by atoms with Crippen molar-refractivity contribution in [3.8, 4) is 0 Å². The van der Waals surface area contributed by atoms with Gasteiger partial charge in [-0.2, -0.15) is 0 Å². The maximum absolute atomic E-state index is 5.71. The van der Waals surface area contributed by atoms with Crippen molar-refractivity contribution in [1.82, 2.24) is 20.2 Å². The molecule has 1 aliphatic rings. The third-order valence-corrected chi connectivity index (χ3v) is 4.96. The highest BCUT2D eigenvalue weighted by Crippen LogP contribution is 2.28. The van der Waals surface area contributed by atoms with E-state index in [1.807, 2.05) is 24.3 Å². The molecule has 0 aliphatic heterocycles. The Morgan fingerprint density at radius 3 is 2.91 bits per heavy atom. The number of hydrogen-bond acceptors (Lipinski definition) is 5. The summed E-state index contributed by atoms with van der Waals surface area (Å²) in [4.78, 5) is 9.03. The summed E-state index contributed by atoms with van der Waals surface area (Å²) in [6.45, 7) is 0. The third-order valence-electron chi connectivity index (χ3n) is 4.13. The van der Waals surface area contributed by atoms with Crippen molar-refractivity contribution in [3.63, 3.8) is 0 Å². The Labute approximate surface area is 132 Å². The number of rotatable bonds is 5. The topological polar surface area (TPSA) is 67.6 Å². The van der Waals surface area contributed by atoms with Crippen LogP contribution in [0.2, 0.25) is 0 Å². The molecular weight excluding hydrogens is 296 g/mol. The lowest BCUT2D eigenvalue weighted by atomic mass is 10.0. The molecule has 4 rings (SSSR count). The Morgan fingerprint density at radius 2 is 2.05 bits per heavy atom. The number of oxazole rings is 1. The molecule has 1 fully saturated rings. The average Bonchev–Trinajstić information content (AvgIpc) is 3.26. The number of thioether (sulfide) groups is 1. The Morgan fingerprint density at radius 1 is 1.18 bits per heavy atom. The van der Waals surface area contributed by atoms with Gasteiger partial charge in [0.1, 0.15) is 11.3 Å². The van der Waals surface area contributed by atoms with Crippen LogP contribution in [0.4, 0.5) is 0 Å². The number of aromatic amines is 1. The Kier molecular flexibility index (Phi) is 3.84. The molecule has 2 heterocycles. The SMILES string of the molecule is c1ccc2oc(CSc3n[nH]c(CC4CCCC4)n3)nc2c1.